The number of methoxy groups -OCH3 is 2. The molecule has 0 bridgehead atoms. The van der Waals surface area contributed by atoms with Crippen LogP contribution in [-0.4, -0.2) is 24.4 Å². The summed E-state index contributed by atoms with van der Waals surface area (Å²) in [5.74, 6) is 0.350. The van der Waals surface area contributed by atoms with Crippen molar-refractivity contribution in [2.75, 3.05) is 14.2 Å². The first kappa shape index (κ1) is 14.8. The number of benzene rings is 2. The van der Waals surface area contributed by atoms with Crippen molar-refractivity contribution in [1.82, 2.24) is 0 Å². The molecule has 0 fully saturated rings. The molecule has 0 saturated carbocycles. The quantitative estimate of drug-likeness (QED) is 0.772. The van der Waals surface area contributed by atoms with Gasteiger partial charge in [0.1, 0.15) is 17.6 Å². The SMILES string of the molecule is COc1cc(-c2coc3cc(O)ccc3c2=O)cc(O)c1OC. The van der Waals surface area contributed by atoms with E-state index in [1.165, 1.54) is 44.7 Å². The van der Waals surface area contributed by atoms with E-state index >= 15 is 0 Å². The van der Waals surface area contributed by atoms with E-state index < -0.39 is 0 Å². The lowest BCUT2D eigenvalue weighted by molar-refractivity contribution is 0.333. The van der Waals surface area contributed by atoms with E-state index in [0.717, 1.165) is 0 Å². The van der Waals surface area contributed by atoms with Gasteiger partial charge in [-0.15, -0.1) is 0 Å². The van der Waals surface area contributed by atoms with E-state index in [4.69, 9.17) is 13.9 Å². The fraction of sp³-hybridized carbons (Fsp3) is 0.118. The molecule has 0 saturated heterocycles. The van der Waals surface area contributed by atoms with Crippen LogP contribution in [0.1, 0.15) is 0 Å². The van der Waals surface area contributed by atoms with Crippen LogP contribution in [-0.2, 0) is 0 Å². The molecule has 1 aromatic heterocycles. The first-order valence-corrected chi connectivity index (χ1v) is 6.75. The number of hydrogen-bond donors (Lipinski definition) is 2. The minimum Gasteiger partial charge on any atom is -0.508 e. The van der Waals surface area contributed by atoms with Crippen LogP contribution in [0.15, 0.2) is 45.8 Å². The standard InChI is InChI=1S/C17H14O6/c1-21-15-6-9(5-13(19)17(15)22-2)12-8-23-14-7-10(18)3-4-11(14)16(12)20/h3-8,18-19H,1-2H3. The van der Waals surface area contributed by atoms with Gasteiger partial charge in [-0.25, -0.2) is 0 Å². The minimum atomic E-state index is -0.280. The molecule has 2 N–H and O–H groups in total. The molecule has 0 aliphatic rings. The van der Waals surface area contributed by atoms with E-state index in [-0.39, 0.29) is 33.8 Å². The summed E-state index contributed by atoms with van der Waals surface area (Å²) in [5.41, 5.74) is 0.699. The Balaban J connectivity index is 2.25. The molecule has 0 atom stereocenters. The van der Waals surface area contributed by atoms with Gasteiger partial charge < -0.3 is 24.1 Å². The molecule has 6 nitrogen and oxygen atoms in total. The number of ether oxygens (including phenoxy) is 2. The average molecular weight is 314 g/mol. The van der Waals surface area contributed by atoms with Crippen molar-refractivity contribution in [3.8, 4) is 34.1 Å². The molecule has 0 unspecified atom stereocenters. The first-order chi connectivity index (χ1) is 11.0. The van der Waals surface area contributed by atoms with Crippen molar-refractivity contribution >= 4 is 11.0 Å². The summed E-state index contributed by atoms with van der Waals surface area (Å²) in [5, 5.41) is 19.8. The molecule has 0 radical (unpaired) electrons. The molecule has 118 valence electrons. The van der Waals surface area contributed by atoms with Crippen LogP contribution in [0.4, 0.5) is 0 Å². The van der Waals surface area contributed by atoms with Gasteiger partial charge in [0.15, 0.2) is 16.9 Å². The van der Waals surface area contributed by atoms with E-state index in [1.807, 2.05) is 0 Å². The third-order valence-corrected chi connectivity index (χ3v) is 3.53. The fourth-order valence-electron chi connectivity index (χ4n) is 2.42. The first-order valence-electron chi connectivity index (χ1n) is 6.75. The summed E-state index contributed by atoms with van der Waals surface area (Å²) >= 11 is 0. The highest BCUT2D eigenvalue weighted by molar-refractivity contribution is 5.83. The Morgan fingerprint density at radius 2 is 1.83 bits per heavy atom. The third kappa shape index (κ3) is 2.44. The van der Waals surface area contributed by atoms with Crippen molar-refractivity contribution in [2.45, 2.75) is 0 Å². The number of phenols is 2. The van der Waals surface area contributed by atoms with Gasteiger partial charge in [0.2, 0.25) is 5.75 Å². The van der Waals surface area contributed by atoms with Gasteiger partial charge in [-0.1, -0.05) is 0 Å². The Morgan fingerprint density at radius 3 is 2.52 bits per heavy atom. The molecule has 0 aliphatic carbocycles. The maximum atomic E-state index is 12.6. The molecule has 0 amide bonds. The Labute approximate surface area is 131 Å². The molecule has 3 aromatic rings. The van der Waals surface area contributed by atoms with E-state index in [0.29, 0.717) is 16.7 Å². The summed E-state index contributed by atoms with van der Waals surface area (Å²) in [6.07, 6.45) is 1.28. The summed E-state index contributed by atoms with van der Waals surface area (Å²) < 4.78 is 15.7. The molecule has 1 heterocycles. The fourth-order valence-corrected chi connectivity index (χ4v) is 2.42. The smallest absolute Gasteiger partial charge is 0.203 e. The predicted octanol–water partition coefficient (Wildman–Crippen LogP) is 2.89. The summed E-state index contributed by atoms with van der Waals surface area (Å²) in [7, 11) is 2.85. The summed E-state index contributed by atoms with van der Waals surface area (Å²) in [6.45, 7) is 0. The lowest BCUT2D eigenvalue weighted by Gasteiger charge is -2.11. The Morgan fingerprint density at radius 1 is 1.04 bits per heavy atom. The maximum absolute atomic E-state index is 12.6. The van der Waals surface area contributed by atoms with Crippen LogP contribution >= 0.6 is 0 Å². The van der Waals surface area contributed by atoms with Crippen LogP contribution < -0.4 is 14.9 Å². The largest absolute Gasteiger partial charge is 0.508 e. The van der Waals surface area contributed by atoms with Crippen LogP contribution in [0.5, 0.6) is 23.0 Å². The van der Waals surface area contributed by atoms with Crippen LogP contribution in [0.2, 0.25) is 0 Å². The summed E-state index contributed by atoms with van der Waals surface area (Å²) in [4.78, 5) is 12.6. The van der Waals surface area contributed by atoms with E-state index in [9.17, 15) is 15.0 Å². The van der Waals surface area contributed by atoms with Gasteiger partial charge in [0.25, 0.3) is 0 Å². The minimum absolute atomic E-state index is 0.0113. The Hall–Kier alpha value is -3.15. The molecule has 0 spiro atoms. The molecule has 3 rings (SSSR count). The van der Waals surface area contributed by atoms with Gasteiger partial charge in [-0.2, -0.15) is 0 Å². The second kappa shape index (κ2) is 5.57. The molecular formula is C17H14O6. The monoisotopic (exact) mass is 314 g/mol. The highest BCUT2D eigenvalue weighted by Gasteiger charge is 2.16. The topological polar surface area (TPSA) is 89.1 Å². The molecular weight excluding hydrogens is 300 g/mol. The summed E-state index contributed by atoms with van der Waals surface area (Å²) in [6, 6.07) is 7.25. The zero-order chi connectivity index (χ0) is 16.6. The van der Waals surface area contributed by atoms with Crippen LogP contribution in [0.25, 0.3) is 22.1 Å². The zero-order valence-electron chi connectivity index (χ0n) is 12.5. The van der Waals surface area contributed by atoms with Crippen molar-refractivity contribution in [3.63, 3.8) is 0 Å². The van der Waals surface area contributed by atoms with Gasteiger partial charge in [-0.3, -0.25) is 4.79 Å². The maximum Gasteiger partial charge on any atom is 0.203 e. The zero-order valence-corrected chi connectivity index (χ0v) is 12.5. The van der Waals surface area contributed by atoms with Gasteiger partial charge >= 0.3 is 0 Å². The Kier molecular flexibility index (Phi) is 3.57. The number of fused-ring (bicyclic) bond motifs is 1. The van der Waals surface area contributed by atoms with Gasteiger partial charge in [0, 0.05) is 6.07 Å². The van der Waals surface area contributed by atoms with Gasteiger partial charge in [0.05, 0.1) is 25.2 Å². The molecule has 23 heavy (non-hydrogen) atoms. The van der Waals surface area contributed by atoms with Crippen LogP contribution in [0.3, 0.4) is 0 Å². The van der Waals surface area contributed by atoms with Gasteiger partial charge in [-0.05, 0) is 29.8 Å². The lowest BCUT2D eigenvalue weighted by Crippen LogP contribution is -2.05. The molecule has 6 heteroatoms. The highest BCUT2D eigenvalue weighted by Crippen LogP contribution is 2.40. The van der Waals surface area contributed by atoms with Crippen molar-refractivity contribution in [2.24, 2.45) is 0 Å². The number of aromatic hydroxyl groups is 2. The average Bonchev–Trinajstić information content (AvgIpc) is 2.54. The van der Waals surface area contributed by atoms with Crippen LogP contribution in [0, 0.1) is 0 Å². The van der Waals surface area contributed by atoms with Crippen molar-refractivity contribution < 1.29 is 24.1 Å². The predicted molar refractivity (Wildman–Crippen MR) is 84.4 cm³/mol. The number of hydrogen-bond acceptors (Lipinski definition) is 6. The number of phenolic OH excluding ortho intramolecular Hbond substituents is 2. The van der Waals surface area contributed by atoms with Crippen molar-refractivity contribution in [3.05, 3.63) is 46.8 Å². The van der Waals surface area contributed by atoms with Crippen molar-refractivity contribution in [1.29, 1.82) is 0 Å². The number of rotatable bonds is 3. The lowest BCUT2D eigenvalue weighted by atomic mass is 10.0. The molecule has 0 aliphatic heterocycles. The van der Waals surface area contributed by atoms with E-state index in [1.54, 1.807) is 6.07 Å². The normalized spacial score (nSPS) is 10.7. The second-order valence-corrected chi connectivity index (χ2v) is 4.89. The second-order valence-electron chi connectivity index (χ2n) is 4.89. The third-order valence-electron chi connectivity index (χ3n) is 3.53. The van der Waals surface area contributed by atoms with E-state index in [2.05, 4.69) is 0 Å². The molecule has 2 aromatic carbocycles. The highest BCUT2D eigenvalue weighted by atomic mass is 16.5. The Bertz CT molecular complexity index is 942.